The summed E-state index contributed by atoms with van der Waals surface area (Å²) in [6.45, 7) is 10.7. The van der Waals surface area contributed by atoms with Crippen LogP contribution in [0.3, 0.4) is 0 Å². The van der Waals surface area contributed by atoms with Gasteiger partial charge in [0.25, 0.3) is 0 Å². The molecule has 1 rings (SSSR count). The summed E-state index contributed by atoms with van der Waals surface area (Å²) in [6, 6.07) is 4.57. The van der Waals surface area contributed by atoms with E-state index >= 15 is 0 Å². The second-order valence-corrected chi connectivity index (χ2v) is 5.40. The van der Waals surface area contributed by atoms with E-state index in [2.05, 4.69) is 44.7 Å². The predicted octanol–water partition coefficient (Wildman–Crippen LogP) is 2.52. The van der Waals surface area contributed by atoms with Crippen LogP contribution in [-0.4, -0.2) is 31.3 Å². The smallest absolute Gasteiger partial charge is 0.129 e. The Hall–Kier alpha value is -1.13. The molecule has 1 aromatic rings. The zero-order valence-corrected chi connectivity index (χ0v) is 12.8. The Morgan fingerprint density at radius 2 is 1.95 bits per heavy atom. The van der Waals surface area contributed by atoms with Crippen LogP contribution in [0.1, 0.15) is 44.9 Å². The van der Waals surface area contributed by atoms with Gasteiger partial charge in [0, 0.05) is 31.9 Å². The summed E-state index contributed by atoms with van der Waals surface area (Å²) in [5.74, 6) is 1.40. The molecule has 0 aliphatic heterocycles. The highest BCUT2D eigenvalue weighted by Gasteiger charge is 2.14. The first-order valence-electron chi connectivity index (χ1n) is 6.96. The Morgan fingerprint density at radius 1 is 1.26 bits per heavy atom. The lowest BCUT2D eigenvalue weighted by Gasteiger charge is -2.28. The lowest BCUT2D eigenvalue weighted by molar-refractivity contribution is 0.203. The molecular formula is C15H27N3O. The van der Waals surface area contributed by atoms with E-state index in [9.17, 15) is 0 Å². The van der Waals surface area contributed by atoms with Crippen molar-refractivity contribution in [3.8, 4) is 0 Å². The van der Waals surface area contributed by atoms with Gasteiger partial charge < -0.3 is 15.4 Å². The standard InChI is InChI=1S/C15H27N3O/c1-11(2)14-8-13(10-16)9-15(17-14)18(12(3)4)6-7-19-5/h8-9,11-12H,6-7,10,16H2,1-5H3. The number of hydrogen-bond donors (Lipinski definition) is 1. The van der Waals surface area contributed by atoms with Crippen LogP contribution in [0.5, 0.6) is 0 Å². The van der Waals surface area contributed by atoms with Crippen LogP contribution in [0.4, 0.5) is 5.82 Å². The molecule has 0 fully saturated rings. The average Bonchev–Trinajstić information content (AvgIpc) is 2.38. The van der Waals surface area contributed by atoms with Gasteiger partial charge in [-0.05, 0) is 37.5 Å². The number of hydrogen-bond acceptors (Lipinski definition) is 4. The highest BCUT2D eigenvalue weighted by atomic mass is 16.5. The fourth-order valence-corrected chi connectivity index (χ4v) is 1.98. The summed E-state index contributed by atoms with van der Waals surface area (Å²) in [4.78, 5) is 7.03. The van der Waals surface area contributed by atoms with Gasteiger partial charge in [0.05, 0.1) is 6.61 Å². The summed E-state index contributed by atoms with van der Waals surface area (Å²) in [5, 5.41) is 0. The largest absolute Gasteiger partial charge is 0.383 e. The van der Waals surface area contributed by atoms with Gasteiger partial charge in [-0.2, -0.15) is 0 Å². The third kappa shape index (κ3) is 4.48. The lowest BCUT2D eigenvalue weighted by Crippen LogP contribution is -2.34. The number of rotatable bonds is 7. The van der Waals surface area contributed by atoms with E-state index in [1.807, 2.05) is 0 Å². The van der Waals surface area contributed by atoms with Gasteiger partial charge in [-0.25, -0.2) is 4.98 Å². The van der Waals surface area contributed by atoms with Crippen molar-refractivity contribution in [3.05, 3.63) is 23.4 Å². The molecular weight excluding hydrogens is 238 g/mol. The second kappa shape index (κ2) is 7.46. The Labute approximate surface area is 117 Å². The van der Waals surface area contributed by atoms with Gasteiger partial charge >= 0.3 is 0 Å². The molecule has 2 N–H and O–H groups in total. The fraction of sp³-hybridized carbons (Fsp3) is 0.667. The summed E-state index contributed by atoms with van der Waals surface area (Å²) < 4.78 is 5.18. The number of pyridine rings is 1. The molecule has 0 amide bonds. The van der Waals surface area contributed by atoms with Crippen LogP contribution in [-0.2, 0) is 11.3 Å². The Bertz CT molecular complexity index is 391. The molecule has 0 saturated carbocycles. The average molecular weight is 265 g/mol. The Kier molecular flexibility index (Phi) is 6.25. The lowest BCUT2D eigenvalue weighted by atomic mass is 10.1. The molecule has 19 heavy (non-hydrogen) atoms. The topological polar surface area (TPSA) is 51.4 Å². The molecule has 0 radical (unpaired) electrons. The molecule has 0 spiro atoms. The first kappa shape index (κ1) is 15.9. The van der Waals surface area contributed by atoms with Gasteiger partial charge in [0.2, 0.25) is 0 Å². The van der Waals surface area contributed by atoms with Crippen molar-refractivity contribution in [1.29, 1.82) is 0 Å². The van der Waals surface area contributed by atoms with E-state index in [-0.39, 0.29) is 0 Å². The second-order valence-electron chi connectivity index (χ2n) is 5.40. The maximum absolute atomic E-state index is 5.79. The van der Waals surface area contributed by atoms with Gasteiger partial charge in [-0.1, -0.05) is 13.8 Å². The maximum Gasteiger partial charge on any atom is 0.129 e. The molecule has 0 atom stereocenters. The number of nitrogens with two attached hydrogens (primary N) is 1. The van der Waals surface area contributed by atoms with Crippen molar-refractivity contribution >= 4 is 5.82 Å². The first-order chi connectivity index (χ1) is 8.99. The molecule has 0 aliphatic carbocycles. The normalized spacial score (nSPS) is 11.4. The molecule has 1 heterocycles. The van der Waals surface area contributed by atoms with Crippen LogP contribution < -0.4 is 10.6 Å². The van der Waals surface area contributed by atoms with Gasteiger partial charge in [-0.15, -0.1) is 0 Å². The number of nitrogens with zero attached hydrogens (tertiary/aromatic N) is 2. The summed E-state index contributed by atoms with van der Waals surface area (Å²) >= 11 is 0. The molecule has 0 bridgehead atoms. The van der Waals surface area contributed by atoms with Crippen molar-refractivity contribution in [2.24, 2.45) is 5.73 Å². The predicted molar refractivity (Wildman–Crippen MR) is 80.6 cm³/mol. The van der Waals surface area contributed by atoms with Crippen LogP contribution in [0, 0.1) is 0 Å². The molecule has 1 aromatic heterocycles. The maximum atomic E-state index is 5.79. The molecule has 108 valence electrons. The van der Waals surface area contributed by atoms with Crippen molar-refractivity contribution in [3.63, 3.8) is 0 Å². The molecule has 4 nitrogen and oxygen atoms in total. The summed E-state index contributed by atoms with van der Waals surface area (Å²) in [7, 11) is 1.72. The summed E-state index contributed by atoms with van der Waals surface area (Å²) in [6.07, 6.45) is 0. The van der Waals surface area contributed by atoms with Crippen LogP contribution in [0.2, 0.25) is 0 Å². The minimum absolute atomic E-state index is 0.385. The van der Waals surface area contributed by atoms with Gasteiger partial charge in [0.1, 0.15) is 5.82 Å². The minimum Gasteiger partial charge on any atom is -0.383 e. The Balaban J connectivity index is 3.10. The van der Waals surface area contributed by atoms with Gasteiger partial charge in [-0.3, -0.25) is 0 Å². The molecule has 0 saturated heterocycles. The molecule has 4 heteroatoms. The third-order valence-corrected chi connectivity index (χ3v) is 3.17. The van der Waals surface area contributed by atoms with Crippen LogP contribution in [0.15, 0.2) is 12.1 Å². The van der Waals surface area contributed by atoms with Gasteiger partial charge in [0.15, 0.2) is 0 Å². The molecule has 0 aliphatic rings. The zero-order valence-electron chi connectivity index (χ0n) is 12.8. The van der Waals surface area contributed by atoms with Crippen molar-refractivity contribution in [2.45, 2.75) is 46.2 Å². The van der Waals surface area contributed by atoms with E-state index in [0.717, 1.165) is 23.6 Å². The van der Waals surface area contributed by atoms with Crippen molar-refractivity contribution in [1.82, 2.24) is 4.98 Å². The monoisotopic (exact) mass is 265 g/mol. The Morgan fingerprint density at radius 3 is 2.42 bits per heavy atom. The SMILES string of the molecule is COCCN(c1cc(CN)cc(C(C)C)n1)C(C)C. The zero-order chi connectivity index (χ0) is 14.4. The van der Waals surface area contributed by atoms with Crippen LogP contribution >= 0.6 is 0 Å². The third-order valence-electron chi connectivity index (χ3n) is 3.17. The number of methoxy groups -OCH3 is 1. The van der Waals surface area contributed by atoms with E-state index in [4.69, 9.17) is 15.5 Å². The van der Waals surface area contributed by atoms with E-state index in [1.165, 1.54) is 0 Å². The number of anilines is 1. The fourth-order valence-electron chi connectivity index (χ4n) is 1.98. The van der Waals surface area contributed by atoms with Crippen molar-refractivity contribution in [2.75, 3.05) is 25.2 Å². The minimum atomic E-state index is 0.385. The first-order valence-corrected chi connectivity index (χ1v) is 6.96. The quantitative estimate of drug-likeness (QED) is 0.823. The molecule has 0 unspecified atom stereocenters. The highest BCUT2D eigenvalue weighted by molar-refractivity contribution is 5.44. The summed E-state index contributed by atoms with van der Waals surface area (Å²) in [5.41, 5.74) is 8.03. The molecule has 0 aromatic carbocycles. The van der Waals surface area contributed by atoms with Crippen molar-refractivity contribution < 1.29 is 4.74 Å². The van der Waals surface area contributed by atoms with E-state index < -0.39 is 0 Å². The highest BCUT2D eigenvalue weighted by Crippen LogP contribution is 2.21. The number of ether oxygens (including phenoxy) is 1. The van der Waals surface area contributed by atoms with Crippen LogP contribution in [0.25, 0.3) is 0 Å². The van der Waals surface area contributed by atoms with E-state index in [1.54, 1.807) is 7.11 Å². The van der Waals surface area contributed by atoms with E-state index in [0.29, 0.717) is 25.1 Å². The number of aromatic nitrogens is 1.